The van der Waals surface area contributed by atoms with Crippen LogP contribution in [0.4, 0.5) is 4.79 Å². The second-order valence-electron chi connectivity index (χ2n) is 7.20. The molecular formula is C18H26ClNO4. The number of piperidine rings is 1. The Morgan fingerprint density at radius 1 is 1.42 bits per heavy atom. The Morgan fingerprint density at radius 3 is 2.75 bits per heavy atom. The van der Waals surface area contributed by atoms with Crippen LogP contribution < -0.4 is 4.74 Å². The van der Waals surface area contributed by atoms with Crippen molar-refractivity contribution in [1.82, 2.24) is 4.90 Å². The molecule has 1 N–H and O–H groups in total. The summed E-state index contributed by atoms with van der Waals surface area (Å²) >= 11 is 6.08. The molecule has 1 aliphatic heterocycles. The van der Waals surface area contributed by atoms with Crippen LogP contribution in [0.3, 0.4) is 0 Å². The number of hydrogen-bond acceptors (Lipinski definition) is 4. The van der Waals surface area contributed by atoms with Crippen molar-refractivity contribution in [3.05, 3.63) is 28.8 Å². The van der Waals surface area contributed by atoms with Gasteiger partial charge in [0.05, 0.1) is 13.2 Å². The molecule has 1 heterocycles. The molecule has 2 unspecified atom stereocenters. The fourth-order valence-electron chi connectivity index (χ4n) is 2.90. The summed E-state index contributed by atoms with van der Waals surface area (Å²) in [5.41, 5.74) is 0.402. The van der Waals surface area contributed by atoms with E-state index in [1.165, 1.54) is 0 Å². The Balaban J connectivity index is 2.09. The Labute approximate surface area is 148 Å². The van der Waals surface area contributed by atoms with Crippen molar-refractivity contribution in [2.45, 2.75) is 45.3 Å². The van der Waals surface area contributed by atoms with Crippen LogP contribution in [0.1, 0.15) is 32.8 Å². The smallest absolute Gasteiger partial charge is 0.410 e. The standard InChI is InChI=1S/C18H26ClNO4/c1-18(2,3)24-17(22)20-8-7-15(21)13(11-20)9-12-10-14(19)5-6-16(12)23-4/h5-6,10,13,15,21H,7-9,11H2,1-4H3. The van der Waals surface area contributed by atoms with E-state index in [1.807, 2.05) is 32.9 Å². The van der Waals surface area contributed by atoms with Gasteiger partial charge in [-0.3, -0.25) is 0 Å². The van der Waals surface area contributed by atoms with Gasteiger partial charge in [-0.05, 0) is 57.4 Å². The molecule has 1 aromatic carbocycles. The number of aliphatic hydroxyl groups excluding tert-OH is 1. The molecule has 2 rings (SSSR count). The van der Waals surface area contributed by atoms with Crippen LogP contribution in [0.2, 0.25) is 5.02 Å². The molecule has 1 aliphatic rings. The summed E-state index contributed by atoms with van der Waals surface area (Å²) in [5, 5.41) is 11.0. The zero-order chi connectivity index (χ0) is 17.9. The Morgan fingerprint density at radius 2 is 2.12 bits per heavy atom. The molecule has 24 heavy (non-hydrogen) atoms. The number of ether oxygens (including phenoxy) is 2. The van der Waals surface area contributed by atoms with E-state index in [1.54, 1.807) is 18.1 Å². The molecule has 5 nitrogen and oxygen atoms in total. The maximum Gasteiger partial charge on any atom is 0.410 e. The van der Waals surface area contributed by atoms with Crippen LogP contribution in [0, 0.1) is 5.92 Å². The van der Waals surface area contributed by atoms with Crippen molar-refractivity contribution in [2.24, 2.45) is 5.92 Å². The normalized spacial score (nSPS) is 21.5. The van der Waals surface area contributed by atoms with Gasteiger partial charge in [0.1, 0.15) is 11.4 Å². The zero-order valence-corrected chi connectivity index (χ0v) is 15.5. The summed E-state index contributed by atoms with van der Waals surface area (Å²) in [6.07, 6.45) is 0.321. The number of methoxy groups -OCH3 is 1. The third-order valence-corrected chi connectivity index (χ3v) is 4.31. The highest BCUT2D eigenvalue weighted by Crippen LogP contribution is 2.29. The minimum atomic E-state index is -0.529. The quantitative estimate of drug-likeness (QED) is 0.901. The number of halogens is 1. The summed E-state index contributed by atoms with van der Waals surface area (Å²) in [6.45, 7) is 6.49. The van der Waals surface area contributed by atoms with Crippen LogP contribution in [0.25, 0.3) is 0 Å². The van der Waals surface area contributed by atoms with Gasteiger partial charge in [0, 0.05) is 24.0 Å². The monoisotopic (exact) mass is 355 g/mol. The summed E-state index contributed by atoms with van der Waals surface area (Å²) in [6, 6.07) is 5.44. The van der Waals surface area contributed by atoms with Crippen LogP contribution >= 0.6 is 11.6 Å². The van der Waals surface area contributed by atoms with Crippen molar-refractivity contribution in [2.75, 3.05) is 20.2 Å². The number of likely N-dealkylation sites (tertiary alicyclic amines) is 1. The Hall–Kier alpha value is -1.46. The molecule has 0 aliphatic carbocycles. The van der Waals surface area contributed by atoms with Crippen molar-refractivity contribution < 1.29 is 19.4 Å². The molecular weight excluding hydrogens is 330 g/mol. The minimum absolute atomic E-state index is 0.0846. The van der Waals surface area contributed by atoms with Crippen LogP contribution in [-0.4, -0.2) is 48.0 Å². The van der Waals surface area contributed by atoms with Gasteiger partial charge in [0.2, 0.25) is 0 Å². The average Bonchev–Trinajstić information content (AvgIpc) is 2.48. The van der Waals surface area contributed by atoms with Gasteiger partial charge in [0.15, 0.2) is 0 Å². The second-order valence-corrected chi connectivity index (χ2v) is 7.64. The van der Waals surface area contributed by atoms with Gasteiger partial charge in [-0.15, -0.1) is 0 Å². The molecule has 0 bridgehead atoms. The summed E-state index contributed by atoms with van der Waals surface area (Å²) in [7, 11) is 1.61. The van der Waals surface area contributed by atoms with E-state index < -0.39 is 11.7 Å². The molecule has 0 radical (unpaired) electrons. The van der Waals surface area contributed by atoms with Gasteiger partial charge in [-0.2, -0.15) is 0 Å². The van der Waals surface area contributed by atoms with E-state index in [9.17, 15) is 9.90 Å². The van der Waals surface area contributed by atoms with Crippen LogP contribution in [-0.2, 0) is 11.2 Å². The maximum absolute atomic E-state index is 12.3. The van der Waals surface area contributed by atoms with E-state index in [-0.39, 0.29) is 12.0 Å². The summed E-state index contributed by atoms with van der Waals surface area (Å²) < 4.78 is 10.8. The minimum Gasteiger partial charge on any atom is -0.496 e. The number of benzene rings is 1. The van der Waals surface area contributed by atoms with Crippen molar-refractivity contribution in [3.8, 4) is 5.75 Å². The van der Waals surface area contributed by atoms with Crippen LogP contribution in [0.5, 0.6) is 5.75 Å². The molecule has 0 spiro atoms. The summed E-state index contributed by atoms with van der Waals surface area (Å²) in [5.74, 6) is 0.652. The van der Waals surface area contributed by atoms with Gasteiger partial charge in [-0.25, -0.2) is 4.79 Å². The summed E-state index contributed by atoms with van der Waals surface area (Å²) in [4.78, 5) is 13.9. The van der Waals surface area contributed by atoms with Gasteiger partial charge in [-0.1, -0.05) is 11.6 Å². The fourth-order valence-corrected chi connectivity index (χ4v) is 3.10. The van der Waals surface area contributed by atoms with Crippen LogP contribution in [0.15, 0.2) is 18.2 Å². The first-order valence-electron chi connectivity index (χ1n) is 8.18. The number of nitrogens with zero attached hydrogens (tertiary/aromatic N) is 1. The second kappa shape index (κ2) is 7.62. The molecule has 1 amide bonds. The lowest BCUT2D eigenvalue weighted by Gasteiger charge is -2.37. The van der Waals surface area contributed by atoms with E-state index in [0.29, 0.717) is 31.0 Å². The topological polar surface area (TPSA) is 59.0 Å². The first kappa shape index (κ1) is 18.9. The molecule has 6 heteroatoms. The highest BCUT2D eigenvalue weighted by molar-refractivity contribution is 6.30. The highest BCUT2D eigenvalue weighted by atomic mass is 35.5. The lowest BCUT2D eigenvalue weighted by molar-refractivity contribution is -0.00830. The van der Waals surface area contributed by atoms with E-state index in [2.05, 4.69) is 0 Å². The number of aliphatic hydroxyl groups is 1. The van der Waals surface area contributed by atoms with E-state index in [4.69, 9.17) is 21.1 Å². The molecule has 1 aromatic rings. The maximum atomic E-state index is 12.3. The number of hydrogen-bond donors (Lipinski definition) is 1. The fraction of sp³-hybridized carbons (Fsp3) is 0.611. The predicted molar refractivity (Wildman–Crippen MR) is 93.6 cm³/mol. The Kier molecular flexibility index (Phi) is 5.99. The first-order valence-corrected chi connectivity index (χ1v) is 8.56. The highest BCUT2D eigenvalue weighted by Gasteiger charge is 2.33. The van der Waals surface area contributed by atoms with E-state index in [0.717, 1.165) is 11.3 Å². The van der Waals surface area contributed by atoms with Crippen molar-refractivity contribution in [1.29, 1.82) is 0 Å². The number of amides is 1. The molecule has 1 saturated heterocycles. The largest absolute Gasteiger partial charge is 0.496 e. The third-order valence-electron chi connectivity index (χ3n) is 4.07. The average molecular weight is 356 g/mol. The zero-order valence-electron chi connectivity index (χ0n) is 14.7. The SMILES string of the molecule is COc1ccc(Cl)cc1CC1CN(C(=O)OC(C)(C)C)CCC1O. The Bertz CT molecular complexity index is 585. The third kappa shape index (κ3) is 5.02. The molecule has 0 aromatic heterocycles. The predicted octanol–water partition coefficient (Wildman–Crippen LogP) is 3.51. The molecule has 1 fully saturated rings. The lowest BCUT2D eigenvalue weighted by atomic mass is 9.88. The lowest BCUT2D eigenvalue weighted by Crippen LogP contribution is -2.48. The first-order chi connectivity index (χ1) is 11.2. The van der Waals surface area contributed by atoms with Gasteiger partial charge < -0.3 is 19.5 Å². The van der Waals surface area contributed by atoms with Gasteiger partial charge in [0.25, 0.3) is 0 Å². The molecule has 2 atom stereocenters. The van der Waals surface area contributed by atoms with Gasteiger partial charge >= 0.3 is 6.09 Å². The molecule has 0 saturated carbocycles. The number of carbonyl (C=O) groups excluding carboxylic acids is 1. The van der Waals surface area contributed by atoms with Crippen molar-refractivity contribution in [3.63, 3.8) is 0 Å². The number of rotatable bonds is 3. The number of carbonyl (C=O) groups is 1. The van der Waals surface area contributed by atoms with E-state index >= 15 is 0 Å². The van der Waals surface area contributed by atoms with Crippen molar-refractivity contribution >= 4 is 17.7 Å². The molecule has 134 valence electrons.